The normalized spacial score (nSPS) is 10.2. The average molecular weight is 202 g/mol. The van der Waals surface area contributed by atoms with Gasteiger partial charge in [0, 0.05) is 4.91 Å². The highest BCUT2D eigenvalue weighted by Gasteiger charge is 2.01. The molecule has 1 aromatic heterocycles. The van der Waals surface area contributed by atoms with Crippen molar-refractivity contribution in [1.29, 1.82) is 0 Å². The largest absolute Gasteiger partial charge is 0.341 e. The van der Waals surface area contributed by atoms with Crippen LogP contribution in [-0.2, 0) is 13.1 Å². The Bertz CT molecular complexity index is 522. The lowest BCUT2D eigenvalue weighted by atomic mass is 10.2. The summed E-state index contributed by atoms with van der Waals surface area (Å²) in [7, 11) is 0. The number of rotatable bonds is 3. The van der Waals surface area contributed by atoms with Crippen molar-refractivity contribution in [1.82, 2.24) is 9.97 Å². The molecule has 0 fully saturated rings. The first kappa shape index (κ1) is 9.51. The second-order valence-corrected chi connectivity index (χ2v) is 3.13. The van der Waals surface area contributed by atoms with E-state index in [1.165, 1.54) is 0 Å². The van der Waals surface area contributed by atoms with Crippen LogP contribution in [0.25, 0.3) is 21.5 Å². The minimum Gasteiger partial charge on any atom is -0.341 e. The summed E-state index contributed by atoms with van der Waals surface area (Å²) in [6.07, 6.45) is 0. The summed E-state index contributed by atoms with van der Waals surface area (Å²) in [5.74, 6) is 0.755. The predicted molar refractivity (Wildman–Crippen MR) is 56.8 cm³/mol. The van der Waals surface area contributed by atoms with Crippen LogP contribution in [0.4, 0.5) is 0 Å². The summed E-state index contributed by atoms with van der Waals surface area (Å²) in [4.78, 5) is 10.1. The molecular formula is C9H10N6. The van der Waals surface area contributed by atoms with Gasteiger partial charge in [-0.25, -0.2) is 4.98 Å². The molecule has 6 heteroatoms. The molecule has 3 N–H and O–H groups in total. The fourth-order valence-corrected chi connectivity index (χ4v) is 1.42. The molecule has 0 aliphatic heterocycles. The second-order valence-electron chi connectivity index (χ2n) is 3.13. The summed E-state index contributed by atoms with van der Waals surface area (Å²) in [5.41, 5.74) is 16.4. The molecule has 0 aliphatic rings. The van der Waals surface area contributed by atoms with Crippen molar-refractivity contribution >= 4 is 11.0 Å². The molecule has 0 radical (unpaired) electrons. The number of nitrogens with zero attached hydrogens (tertiary/aromatic N) is 4. The van der Waals surface area contributed by atoms with Crippen molar-refractivity contribution in [2.45, 2.75) is 13.1 Å². The van der Waals surface area contributed by atoms with Crippen LogP contribution in [0, 0.1) is 0 Å². The zero-order valence-corrected chi connectivity index (χ0v) is 8.01. The molecule has 0 atom stereocenters. The molecule has 0 saturated heterocycles. The molecule has 1 aromatic carbocycles. The second kappa shape index (κ2) is 4.00. The highest BCUT2D eigenvalue weighted by Crippen LogP contribution is 2.14. The van der Waals surface area contributed by atoms with Crippen molar-refractivity contribution < 1.29 is 0 Å². The molecule has 0 unspecified atom stereocenters. The van der Waals surface area contributed by atoms with Crippen LogP contribution in [0.3, 0.4) is 0 Å². The van der Waals surface area contributed by atoms with Gasteiger partial charge >= 0.3 is 0 Å². The third-order valence-electron chi connectivity index (χ3n) is 2.11. The Hall–Kier alpha value is -2.04. The third kappa shape index (κ3) is 1.90. The van der Waals surface area contributed by atoms with Crippen molar-refractivity contribution in [3.05, 3.63) is 40.0 Å². The summed E-state index contributed by atoms with van der Waals surface area (Å²) in [6, 6.07) is 5.68. The van der Waals surface area contributed by atoms with Gasteiger partial charge in [0.25, 0.3) is 0 Å². The molecule has 0 aliphatic carbocycles. The van der Waals surface area contributed by atoms with Crippen LogP contribution in [-0.4, -0.2) is 9.97 Å². The number of nitrogens with one attached hydrogen (secondary N) is 1. The fourth-order valence-electron chi connectivity index (χ4n) is 1.42. The fraction of sp³-hybridized carbons (Fsp3) is 0.222. The first-order valence-corrected chi connectivity index (χ1v) is 4.52. The van der Waals surface area contributed by atoms with Crippen LogP contribution < -0.4 is 5.73 Å². The zero-order chi connectivity index (χ0) is 10.7. The number of nitrogens with two attached hydrogens (primary N) is 1. The van der Waals surface area contributed by atoms with Gasteiger partial charge < -0.3 is 10.7 Å². The Morgan fingerprint density at radius 3 is 3.13 bits per heavy atom. The van der Waals surface area contributed by atoms with E-state index >= 15 is 0 Å². The van der Waals surface area contributed by atoms with Gasteiger partial charge in [0.2, 0.25) is 0 Å². The van der Waals surface area contributed by atoms with Gasteiger partial charge in [-0.2, -0.15) is 0 Å². The third-order valence-corrected chi connectivity index (χ3v) is 2.11. The van der Waals surface area contributed by atoms with E-state index in [1.54, 1.807) is 0 Å². The number of benzene rings is 1. The van der Waals surface area contributed by atoms with E-state index in [0.717, 1.165) is 22.4 Å². The van der Waals surface area contributed by atoms with Gasteiger partial charge in [-0.05, 0) is 23.2 Å². The Morgan fingerprint density at radius 1 is 1.53 bits per heavy atom. The number of H-pyrrole nitrogens is 1. The zero-order valence-electron chi connectivity index (χ0n) is 8.01. The molecule has 0 bridgehead atoms. The molecule has 15 heavy (non-hydrogen) atoms. The summed E-state index contributed by atoms with van der Waals surface area (Å²) >= 11 is 0. The number of azide groups is 1. The van der Waals surface area contributed by atoms with Crippen molar-refractivity contribution in [3.8, 4) is 0 Å². The van der Waals surface area contributed by atoms with Gasteiger partial charge in [0.15, 0.2) is 0 Å². The number of fused-ring (bicyclic) bond motifs is 1. The molecule has 2 rings (SSSR count). The van der Waals surface area contributed by atoms with Gasteiger partial charge in [0.05, 0.1) is 24.1 Å². The maximum Gasteiger partial charge on any atom is 0.121 e. The molecule has 0 saturated carbocycles. The average Bonchev–Trinajstić information content (AvgIpc) is 2.68. The Balaban J connectivity index is 2.41. The molecule has 0 amide bonds. The van der Waals surface area contributed by atoms with Crippen LogP contribution >= 0.6 is 0 Å². The molecule has 1 heterocycles. The van der Waals surface area contributed by atoms with E-state index in [0.29, 0.717) is 13.1 Å². The lowest BCUT2D eigenvalue weighted by Gasteiger charge is -1.94. The number of aromatic amines is 1. The molecule has 76 valence electrons. The summed E-state index contributed by atoms with van der Waals surface area (Å²) in [5, 5.41) is 3.50. The topological polar surface area (TPSA) is 103 Å². The summed E-state index contributed by atoms with van der Waals surface area (Å²) < 4.78 is 0. The lowest BCUT2D eigenvalue weighted by molar-refractivity contribution is 0.958. The van der Waals surface area contributed by atoms with Gasteiger partial charge in [-0.3, -0.25) is 0 Å². The number of aromatic nitrogens is 2. The van der Waals surface area contributed by atoms with Gasteiger partial charge in [-0.1, -0.05) is 11.2 Å². The molecule has 2 aromatic rings. The molecular weight excluding hydrogens is 192 g/mol. The van der Waals surface area contributed by atoms with Crippen LogP contribution in [0.5, 0.6) is 0 Å². The molecule has 6 nitrogen and oxygen atoms in total. The van der Waals surface area contributed by atoms with Crippen LogP contribution in [0.15, 0.2) is 23.3 Å². The Labute approximate surface area is 85.7 Å². The maximum absolute atomic E-state index is 8.20. The van der Waals surface area contributed by atoms with Gasteiger partial charge in [0.1, 0.15) is 5.82 Å². The van der Waals surface area contributed by atoms with Crippen LogP contribution in [0.2, 0.25) is 0 Å². The minimum atomic E-state index is 0.351. The van der Waals surface area contributed by atoms with Crippen molar-refractivity contribution in [2.24, 2.45) is 10.8 Å². The Kier molecular flexibility index (Phi) is 2.53. The van der Waals surface area contributed by atoms with Crippen molar-refractivity contribution in [3.63, 3.8) is 0 Å². The minimum absolute atomic E-state index is 0.351. The standard InChI is InChI=1S/C9H10N6/c10-4-9-13-7-2-1-6(5-12-15-11)3-8(7)14-9/h1-3H,4-5,10H2,(H,13,14). The number of hydrogen-bond donors (Lipinski definition) is 2. The SMILES string of the molecule is [N-]=[N+]=NCc1ccc2nc(CN)[nH]c2c1. The van der Waals surface area contributed by atoms with E-state index in [1.807, 2.05) is 18.2 Å². The van der Waals surface area contributed by atoms with E-state index in [2.05, 4.69) is 20.0 Å². The lowest BCUT2D eigenvalue weighted by Crippen LogP contribution is -1.97. The Morgan fingerprint density at radius 2 is 2.40 bits per heavy atom. The monoisotopic (exact) mass is 202 g/mol. The van der Waals surface area contributed by atoms with Gasteiger partial charge in [-0.15, -0.1) is 0 Å². The molecule has 0 spiro atoms. The predicted octanol–water partition coefficient (Wildman–Crippen LogP) is 1.83. The smallest absolute Gasteiger partial charge is 0.121 e. The quantitative estimate of drug-likeness (QED) is 0.450. The van der Waals surface area contributed by atoms with E-state index in [9.17, 15) is 0 Å². The maximum atomic E-state index is 8.20. The highest BCUT2D eigenvalue weighted by molar-refractivity contribution is 5.75. The van der Waals surface area contributed by atoms with E-state index in [-0.39, 0.29) is 0 Å². The van der Waals surface area contributed by atoms with Crippen LogP contribution in [0.1, 0.15) is 11.4 Å². The first-order chi connectivity index (χ1) is 7.33. The first-order valence-electron chi connectivity index (χ1n) is 4.52. The summed E-state index contributed by atoms with van der Waals surface area (Å²) in [6.45, 7) is 0.740. The van der Waals surface area contributed by atoms with E-state index < -0.39 is 0 Å². The highest BCUT2D eigenvalue weighted by atomic mass is 15.1. The number of hydrogen-bond acceptors (Lipinski definition) is 3. The van der Waals surface area contributed by atoms with Crippen molar-refractivity contribution in [2.75, 3.05) is 0 Å². The number of imidazole rings is 1. The van der Waals surface area contributed by atoms with E-state index in [4.69, 9.17) is 11.3 Å².